The van der Waals surface area contributed by atoms with E-state index in [0.717, 1.165) is 25.2 Å². The van der Waals surface area contributed by atoms with E-state index in [9.17, 15) is 0 Å². The molecule has 0 saturated heterocycles. The zero-order valence-corrected chi connectivity index (χ0v) is 11.2. The molecule has 2 atom stereocenters. The highest BCUT2D eigenvalue weighted by Crippen LogP contribution is 2.36. The van der Waals surface area contributed by atoms with Crippen molar-refractivity contribution >= 4 is 0 Å². The molecule has 0 fully saturated rings. The van der Waals surface area contributed by atoms with Gasteiger partial charge in [-0.1, -0.05) is 44.4 Å². The Labute approximate surface area is 110 Å². The first-order chi connectivity index (χ1) is 8.86. The highest BCUT2D eigenvalue weighted by molar-refractivity contribution is 5.38. The van der Waals surface area contributed by atoms with Gasteiger partial charge in [-0.3, -0.25) is 11.3 Å². The molecule has 2 rings (SSSR count). The van der Waals surface area contributed by atoms with Crippen molar-refractivity contribution in [1.82, 2.24) is 5.43 Å². The molecule has 0 spiro atoms. The third-order valence-corrected chi connectivity index (χ3v) is 3.82. The van der Waals surface area contributed by atoms with Gasteiger partial charge in [0.1, 0.15) is 5.75 Å². The van der Waals surface area contributed by atoms with Crippen LogP contribution in [-0.4, -0.2) is 12.6 Å². The molecule has 18 heavy (non-hydrogen) atoms. The lowest BCUT2D eigenvalue weighted by atomic mass is 9.84. The first-order valence-corrected chi connectivity index (χ1v) is 7.04. The standard InChI is InChI=1S/C15H24N2O/c1-2-3-4-8-14(17-16)12-10-11-18-15-9-6-5-7-13(12)15/h5-7,9,12,14,17H,2-4,8,10-11,16H2,1H3. The molecule has 2 unspecified atom stereocenters. The first-order valence-electron chi connectivity index (χ1n) is 7.04. The molecule has 1 aromatic rings. The zero-order chi connectivity index (χ0) is 12.8. The molecule has 0 amide bonds. The summed E-state index contributed by atoms with van der Waals surface area (Å²) in [4.78, 5) is 0. The van der Waals surface area contributed by atoms with Gasteiger partial charge in [0.25, 0.3) is 0 Å². The van der Waals surface area contributed by atoms with E-state index in [0.29, 0.717) is 12.0 Å². The summed E-state index contributed by atoms with van der Waals surface area (Å²) in [5, 5.41) is 0. The molecule has 0 radical (unpaired) electrons. The van der Waals surface area contributed by atoms with Gasteiger partial charge in [0.2, 0.25) is 0 Å². The smallest absolute Gasteiger partial charge is 0.122 e. The van der Waals surface area contributed by atoms with Gasteiger partial charge in [0, 0.05) is 12.0 Å². The lowest BCUT2D eigenvalue weighted by Crippen LogP contribution is -2.41. The van der Waals surface area contributed by atoms with E-state index in [1.165, 1.54) is 24.8 Å². The average molecular weight is 248 g/mol. The fourth-order valence-electron chi connectivity index (χ4n) is 2.80. The predicted molar refractivity (Wildman–Crippen MR) is 74.5 cm³/mol. The van der Waals surface area contributed by atoms with E-state index < -0.39 is 0 Å². The molecule has 0 aliphatic carbocycles. The van der Waals surface area contributed by atoms with Crippen molar-refractivity contribution in [2.24, 2.45) is 5.84 Å². The number of ether oxygens (including phenoxy) is 1. The van der Waals surface area contributed by atoms with Gasteiger partial charge >= 0.3 is 0 Å². The largest absolute Gasteiger partial charge is 0.493 e. The third-order valence-electron chi connectivity index (χ3n) is 3.82. The summed E-state index contributed by atoms with van der Waals surface area (Å²) < 4.78 is 5.71. The SMILES string of the molecule is CCCCCC(NN)C1CCOc2ccccc21. The number of benzene rings is 1. The van der Waals surface area contributed by atoms with E-state index in [1.807, 2.05) is 6.07 Å². The average Bonchev–Trinajstić information content (AvgIpc) is 2.43. The van der Waals surface area contributed by atoms with E-state index in [1.54, 1.807) is 0 Å². The molecule has 1 aliphatic rings. The highest BCUT2D eigenvalue weighted by atomic mass is 16.5. The molecule has 1 aromatic carbocycles. The van der Waals surface area contributed by atoms with Crippen LogP contribution in [0.2, 0.25) is 0 Å². The van der Waals surface area contributed by atoms with Crippen LogP contribution in [0.4, 0.5) is 0 Å². The summed E-state index contributed by atoms with van der Waals surface area (Å²) in [6, 6.07) is 8.70. The van der Waals surface area contributed by atoms with E-state index >= 15 is 0 Å². The molecule has 1 heterocycles. The minimum absolute atomic E-state index is 0.363. The van der Waals surface area contributed by atoms with Crippen LogP contribution < -0.4 is 16.0 Å². The van der Waals surface area contributed by atoms with Crippen molar-refractivity contribution < 1.29 is 4.74 Å². The van der Waals surface area contributed by atoms with Crippen LogP contribution in [-0.2, 0) is 0 Å². The number of unbranched alkanes of at least 4 members (excludes halogenated alkanes) is 2. The molecule has 0 aromatic heterocycles. The van der Waals surface area contributed by atoms with Gasteiger partial charge in [-0.05, 0) is 24.5 Å². The normalized spacial score (nSPS) is 20.0. The number of hydrogen-bond donors (Lipinski definition) is 2. The van der Waals surface area contributed by atoms with Crippen LogP contribution >= 0.6 is 0 Å². The number of nitrogens with one attached hydrogen (secondary N) is 1. The Morgan fingerprint density at radius 3 is 3.00 bits per heavy atom. The predicted octanol–water partition coefficient (Wildman–Crippen LogP) is 2.96. The first kappa shape index (κ1) is 13.4. The second-order valence-electron chi connectivity index (χ2n) is 5.05. The van der Waals surface area contributed by atoms with Crippen LogP contribution in [0.5, 0.6) is 5.75 Å². The maximum atomic E-state index is 5.75. The van der Waals surface area contributed by atoms with Gasteiger partial charge in [-0.25, -0.2) is 0 Å². The van der Waals surface area contributed by atoms with Crippen molar-refractivity contribution in [3.8, 4) is 5.75 Å². The summed E-state index contributed by atoms with van der Waals surface area (Å²) in [5.74, 6) is 7.27. The summed E-state index contributed by atoms with van der Waals surface area (Å²) in [7, 11) is 0. The number of rotatable bonds is 6. The summed E-state index contributed by atoms with van der Waals surface area (Å²) in [5.41, 5.74) is 4.32. The second-order valence-corrected chi connectivity index (χ2v) is 5.05. The topological polar surface area (TPSA) is 47.3 Å². The Kier molecular flexibility index (Phi) is 5.02. The second kappa shape index (κ2) is 6.76. The van der Waals surface area contributed by atoms with Crippen LogP contribution in [0.25, 0.3) is 0 Å². The Balaban J connectivity index is 2.07. The monoisotopic (exact) mass is 248 g/mol. The van der Waals surface area contributed by atoms with Crippen LogP contribution in [0, 0.1) is 0 Å². The van der Waals surface area contributed by atoms with Gasteiger partial charge in [-0.15, -0.1) is 0 Å². The van der Waals surface area contributed by atoms with E-state index in [2.05, 4.69) is 30.5 Å². The van der Waals surface area contributed by atoms with Gasteiger partial charge in [-0.2, -0.15) is 0 Å². The molecule has 3 heteroatoms. The number of hydrazine groups is 1. The van der Waals surface area contributed by atoms with Crippen molar-refractivity contribution in [3.05, 3.63) is 29.8 Å². The Morgan fingerprint density at radius 1 is 1.39 bits per heavy atom. The van der Waals surface area contributed by atoms with Crippen molar-refractivity contribution in [1.29, 1.82) is 0 Å². The molecule has 1 aliphatic heterocycles. The van der Waals surface area contributed by atoms with Crippen molar-refractivity contribution in [2.45, 2.75) is 51.0 Å². The lowest BCUT2D eigenvalue weighted by molar-refractivity contribution is 0.240. The highest BCUT2D eigenvalue weighted by Gasteiger charge is 2.27. The molecular formula is C15H24N2O. The van der Waals surface area contributed by atoms with Crippen molar-refractivity contribution in [3.63, 3.8) is 0 Å². The fourth-order valence-corrected chi connectivity index (χ4v) is 2.80. The number of nitrogens with two attached hydrogens (primary N) is 1. The maximum Gasteiger partial charge on any atom is 0.122 e. The summed E-state index contributed by atoms with van der Waals surface area (Å²) in [6.45, 7) is 3.03. The number of hydrogen-bond acceptors (Lipinski definition) is 3. The number of para-hydroxylation sites is 1. The Morgan fingerprint density at radius 2 is 2.22 bits per heavy atom. The minimum atomic E-state index is 0.363. The van der Waals surface area contributed by atoms with Gasteiger partial charge < -0.3 is 4.74 Å². The maximum absolute atomic E-state index is 5.75. The molecule has 0 saturated carbocycles. The zero-order valence-electron chi connectivity index (χ0n) is 11.2. The molecule has 0 bridgehead atoms. The van der Waals surface area contributed by atoms with Gasteiger partial charge in [0.15, 0.2) is 0 Å². The van der Waals surface area contributed by atoms with Crippen LogP contribution in [0.3, 0.4) is 0 Å². The third kappa shape index (κ3) is 3.03. The summed E-state index contributed by atoms with van der Waals surface area (Å²) >= 11 is 0. The van der Waals surface area contributed by atoms with Gasteiger partial charge in [0.05, 0.1) is 6.61 Å². The lowest BCUT2D eigenvalue weighted by Gasteiger charge is -2.32. The Bertz CT molecular complexity index is 367. The van der Waals surface area contributed by atoms with Crippen molar-refractivity contribution in [2.75, 3.05) is 6.61 Å². The van der Waals surface area contributed by atoms with Crippen LogP contribution in [0.1, 0.15) is 50.5 Å². The fraction of sp³-hybridized carbons (Fsp3) is 0.600. The quantitative estimate of drug-likeness (QED) is 0.462. The number of fused-ring (bicyclic) bond motifs is 1. The van der Waals surface area contributed by atoms with E-state index in [-0.39, 0.29) is 0 Å². The van der Waals surface area contributed by atoms with E-state index in [4.69, 9.17) is 10.6 Å². The summed E-state index contributed by atoms with van der Waals surface area (Å²) in [6.07, 6.45) is 5.97. The molecule has 3 nitrogen and oxygen atoms in total. The molecule has 100 valence electrons. The molecule has 3 N–H and O–H groups in total. The van der Waals surface area contributed by atoms with Crippen LogP contribution in [0.15, 0.2) is 24.3 Å². The Hall–Kier alpha value is -1.06. The molecular weight excluding hydrogens is 224 g/mol. The minimum Gasteiger partial charge on any atom is -0.493 e.